The van der Waals surface area contributed by atoms with Gasteiger partial charge < -0.3 is 14.8 Å². The molecule has 0 spiro atoms. The molecule has 1 saturated heterocycles. The van der Waals surface area contributed by atoms with Crippen LogP contribution in [-0.2, 0) is 16.0 Å². The van der Waals surface area contributed by atoms with Crippen molar-refractivity contribution in [3.63, 3.8) is 0 Å². The predicted molar refractivity (Wildman–Crippen MR) is 163 cm³/mol. The number of aromatic nitrogens is 1. The van der Waals surface area contributed by atoms with Crippen LogP contribution in [0.3, 0.4) is 0 Å². The largest absolute Gasteiger partial charge is 0.493 e. The maximum absolute atomic E-state index is 12.9. The highest BCUT2D eigenvalue weighted by Gasteiger charge is 2.31. The first kappa shape index (κ1) is 28.8. The summed E-state index contributed by atoms with van der Waals surface area (Å²) >= 11 is 8.26. The summed E-state index contributed by atoms with van der Waals surface area (Å²) in [4.78, 5) is 33.0. The molecule has 2 aromatic carbocycles. The monoisotopic (exact) mass is 581 g/mol. The van der Waals surface area contributed by atoms with E-state index in [1.807, 2.05) is 24.4 Å². The number of methoxy groups -OCH3 is 2. The number of anilines is 1. The average Bonchev–Trinajstić information content (AvgIpc) is 3.47. The van der Waals surface area contributed by atoms with Gasteiger partial charge in [0.1, 0.15) is 4.32 Å². The van der Waals surface area contributed by atoms with E-state index in [9.17, 15) is 9.59 Å². The Labute approximate surface area is 242 Å². The van der Waals surface area contributed by atoms with Crippen molar-refractivity contribution in [2.45, 2.75) is 39.0 Å². The van der Waals surface area contributed by atoms with Crippen molar-refractivity contribution in [1.82, 2.24) is 9.88 Å². The van der Waals surface area contributed by atoms with Crippen molar-refractivity contribution in [3.05, 3.63) is 75.1 Å². The summed E-state index contributed by atoms with van der Waals surface area (Å²) in [6, 6.07) is 13.9. The number of nitrogens with one attached hydrogen (secondary N) is 1. The number of benzene rings is 2. The summed E-state index contributed by atoms with van der Waals surface area (Å²) in [5.74, 6) is 1.09. The Kier molecular flexibility index (Phi) is 10.1. The first-order valence-electron chi connectivity index (χ1n) is 12.6. The molecule has 0 radical (unpaired) electrons. The fraction of sp³-hybridized carbons (Fsp3) is 0.310. The molecule has 0 saturated carbocycles. The van der Waals surface area contributed by atoms with Crippen LogP contribution in [0.5, 0.6) is 11.5 Å². The second-order valence-electron chi connectivity index (χ2n) is 9.10. The lowest BCUT2D eigenvalue weighted by Gasteiger charge is -2.14. The van der Waals surface area contributed by atoms with E-state index in [2.05, 4.69) is 41.5 Å². The van der Waals surface area contributed by atoms with Crippen LogP contribution in [0.25, 0.3) is 6.08 Å². The molecule has 1 aliphatic heterocycles. The molecule has 39 heavy (non-hydrogen) atoms. The van der Waals surface area contributed by atoms with Gasteiger partial charge in [-0.3, -0.25) is 14.5 Å². The highest BCUT2D eigenvalue weighted by molar-refractivity contribution is 8.26. The lowest BCUT2D eigenvalue weighted by atomic mass is 10.1. The smallest absolute Gasteiger partial charge is 0.266 e. The summed E-state index contributed by atoms with van der Waals surface area (Å²) in [5.41, 5.74) is 3.29. The molecule has 3 aromatic rings. The highest BCUT2D eigenvalue weighted by Crippen LogP contribution is 2.35. The SMILES string of the molecule is COc1ccc(/C=C2/SC(=S)N(CCCCCC(=O)Nc3ncc(Cc4ccc(C)cc4)s3)C2=O)cc1OC. The molecule has 0 atom stereocenters. The number of nitrogens with zero attached hydrogens (tertiary/aromatic N) is 2. The molecule has 0 unspecified atom stereocenters. The lowest BCUT2D eigenvalue weighted by Crippen LogP contribution is -2.29. The number of thiazole rings is 1. The third-order valence-corrected chi connectivity index (χ3v) is 8.45. The summed E-state index contributed by atoms with van der Waals surface area (Å²) < 4.78 is 11.2. The number of aryl methyl sites for hydroxylation is 1. The number of amides is 2. The van der Waals surface area contributed by atoms with Crippen molar-refractivity contribution >= 4 is 62.7 Å². The van der Waals surface area contributed by atoms with E-state index in [0.717, 1.165) is 36.1 Å². The van der Waals surface area contributed by atoms with Crippen LogP contribution in [0.2, 0.25) is 0 Å². The van der Waals surface area contributed by atoms with Gasteiger partial charge in [0.25, 0.3) is 5.91 Å². The van der Waals surface area contributed by atoms with Crippen molar-refractivity contribution in [1.29, 1.82) is 0 Å². The summed E-state index contributed by atoms with van der Waals surface area (Å²) in [6.45, 7) is 2.60. The Hall–Kier alpha value is -3.21. The van der Waals surface area contributed by atoms with Crippen molar-refractivity contribution in [2.24, 2.45) is 0 Å². The number of hydrogen-bond donors (Lipinski definition) is 1. The molecular weight excluding hydrogens is 551 g/mol. The van der Waals surface area contributed by atoms with Crippen LogP contribution in [0.4, 0.5) is 5.13 Å². The number of carbonyl (C=O) groups excluding carboxylic acids is 2. The molecule has 1 aliphatic rings. The average molecular weight is 582 g/mol. The third-order valence-electron chi connectivity index (χ3n) is 6.16. The Morgan fingerprint density at radius 3 is 2.59 bits per heavy atom. The van der Waals surface area contributed by atoms with E-state index in [1.54, 1.807) is 25.2 Å². The third kappa shape index (κ3) is 7.90. The normalized spacial score (nSPS) is 14.2. The first-order chi connectivity index (χ1) is 18.9. The number of ether oxygens (including phenoxy) is 2. The molecule has 1 aromatic heterocycles. The zero-order chi connectivity index (χ0) is 27.8. The van der Waals surface area contributed by atoms with E-state index in [1.165, 1.54) is 34.2 Å². The van der Waals surface area contributed by atoms with Gasteiger partial charge in [-0.15, -0.1) is 11.3 Å². The van der Waals surface area contributed by atoms with E-state index >= 15 is 0 Å². The number of thioether (sulfide) groups is 1. The first-order valence-corrected chi connectivity index (χ1v) is 14.7. The molecule has 4 rings (SSSR count). The fourth-order valence-electron chi connectivity index (χ4n) is 4.05. The van der Waals surface area contributed by atoms with Crippen LogP contribution in [0.1, 0.15) is 47.3 Å². The molecule has 0 bridgehead atoms. The maximum atomic E-state index is 12.9. The Bertz CT molecular complexity index is 1370. The van der Waals surface area contributed by atoms with Gasteiger partial charge in [0, 0.05) is 30.5 Å². The number of unbranched alkanes of at least 4 members (excludes halogenated alkanes) is 2. The van der Waals surface area contributed by atoms with Gasteiger partial charge in [-0.25, -0.2) is 4.98 Å². The van der Waals surface area contributed by atoms with Crippen molar-refractivity contribution < 1.29 is 19.1 Å². The second kappa shape index (κ2) is 13.7. The predicted octanol–water partition coefficient (Wildman–Crippen LogP) is 6.46. The van der Waals surface area contributed by atoms with E-state index in [0.29, 0.717) is 38.8 Å². The van der Waals surface area contributed by atoms with Gasteiger partial charge >= 0.3 is 0 Å². The van der Waals surface area contributed by atoms with Crippen LogP contribution in [-0.4, -0.2) is 46.8 Å². The zero-order valence-electron chi connectivity index (χ0n) is 22.2. The van der Waals surface area contributed by atoms with Gasteiger partial charge in [0.2, 0.25) is 5.91 Å². The highest BCUT2D eigenvalue weighted by atomic mass is 32.2. The van der Waals surface area contributed by atoms with E-state index in [-0.39, 0.29) is 11.8 Å². The van der Waals surface area contributed by atoms with Gasteiger partial charge in [-0.2, -0.15) is 0 Å². The fourth-order valence-corrected chi connectivity index (χ4v) is 6.23. The summed E-state index contributed by atoms with van der Waals surface area (Å²) in [5, 5.41) is 3.53. The number of carbonyl (C=O) groups is 2. The zero-order valence-corrected chi connectivity index (χ0v) is 24.6. The van der Waals surface area contributed by atoms with E-state index in [4.69, 9.17) is 21.7 Å². The van der Waals surface area contributed by atoms with Crippen LogP contribution in [0.15, 0.2) is 53.6 Å². The quantitative estimate of drug-likeness (QED) is 0.149. The summed E-state index contributed by atoms with van der Waals surface area (Å²) in [6.07, 6.45) is 7.15. The van der Waals surface area contributed by atoms with Crippen molar-refractivity contribution in [2.75, 3.05) is 26.1 Å². The van der Waals surface area contributed by atoms with Gasteiger partial charge in [-0.1, -0.05) is 66.3 Å². The Balaban J connectivity index is 1.19. The minimum absolute atomic E-state index is 0.0466. The molecule has 2 amide bonds. The van der Waals surface area contributed by atoms with Gasteiger partial charge in [-0.05, 0) is 49.1 Å². The molecular formula is C29H31N3O4S3. The molecule has 7 nitrogen and oxygen atoms in total. The lowest BCUT2D eigenvalue weighted by molar-refractivity contribution is -0.122. The van der Waals surface area contributed by atoms with Gasteiger partial charge in [0.05, 0.1) is 19.1 Å². The molecule has 0 aliphatic carbocycles. The van der Waals surface area contributed by atoms with Crippen LogP contribution in [0, 0.1) is 6.92 Å². The van der Waals surface area contributed by atoms with Gasteiger partial charge in [0.15, 0.2) is 16.6 Å². The number of rotatable bonds is 12. The molecule has 2 heterocycles. The molecule has 204 valence electrons. The number of thiocarbonyl (C=S) groups is 1. The number of hydrogen-bond acceptors (Lipinski definition) is 8. The molecule has 10 heteroatoms. The second-order valence-corrected chi connectivity index (χ2v) is 11.9. The van der Waals surface area contributed by atoms with Crippen LogP contribution < -0.4 is 14.8 Å². The van der Waals surface area contributed by atoms with Crippen LogP contribution >= 0.6 is 35.3 Å². The Morgan fingerprint density at radius 1 is 1.08 bits per heavy atom. The standard InChI is InChI=1S/C29H31N3O4S3/c1-19-8-10-20(11-9-19)15-22-18-30-28(38-22)31-26(33)7-5-4-6-14-32-27(34)25(39-29(32)37)17-21-12-13-23(35-2)24(16-21)36-3/h8-13,16-18H,4-7,14-15H2,1-3H3,(H,30,31,33)/b25-17+. The topological polar surface area (TPSA) is 80.8 Å². The summed E-state index contributed by atoms with van der Waals surface area (Å²) in [7, 11) is 3.16. The Morgan fingerprint density at radius 2 is 1.85 bits per heavy atom. The van der Waals surface area contributed by atoms with Crippen molar-refractivity contribution in [3.8, 4) is 11.5 Å². The molecule has 1 N–H and O–H groups in total. The van der Waals surface area contributed by atoms with E-state index < -0.39 is 0 Å². The molecule has 1 fully saturated rings. The minimum atomic E-state index is -0.0947. The maximum Gasteiger partial charge on any atom is 0.266 e. The minimum Gasteiger partial charge on any atom is -0.493 e.